The average molecular weight is 409 g/mol. The van der Waals surface area contributed by atoms with Gasteiger partial charge in [-0.3, -0.25) is 9.59 Å². The van der Waals surface area contributed by atoms with Crippen molar-refractivity contribution in [1.29, 1.82) is 0 Å². The number of fused-ring (bicyclic) bond motifs is 1. The largest absolute Gasteiger partial charge is 0.466 e. The number of amides is 1. The van der Waals surface area contributed by atoms with Crippen molar-refractivity contribution < 1.29 is 14.3 Å². The molecule has 29 heavy (non-hydrogen) atoms. The van der Waals surface area contributed by atoms with Crippen LogP contribution < -0.4 is 5.32 Å². The molecule has 1 amide bonds. The number of aryl methyl sites for hydroxylation is 1. The Morgan fingerprint density at radius 2 is 1.83 bits per heavy atom. The number of ether oxygens (including phenoxy) is 1. The minimum absolute atomic E-state index is 0.0987. The average Bonchev–Trinajstić information content (AvgIpc) is 2.72. The van der Waals surface area contributed by atoms with E-state index in [9.17, 15) is 9.59 Å². The minimum Gasteiger partial charge on any atom is -0.466 e. The van der Waals surface area contributed by atoms with Crippen LogP contribution in [0.5, 0.6) is 0 Å². The van der Waals surface area contributed by atoms with Crippen LogP contribution in [-0.2, 0) is 14.3 Å². The molecule has 0 unspecified atom stereocenters. The van der Waals surface area contributed by atoms with E-state index in [1.165, 1.54) is 11.8 Å². The highest BCUT2D eigenvalue weighted by atomic mass is 32.2. The molecule has 150 valence electrons. The van der Waals surface area contributed by atoms with Crippen molar-refractivity contribution in [3.8, 4) is 0 Å². The summed E-state index contributed by atoms with van der Waals surface area (Å²) in [5.74, 6) is -0.265. The molecule has 2 aromatic carbocycles. The Morgan fingerprint density at radius 3 is 2.59 bits per heavy atom. The smallest absolute Gasteiger partial charge is 0.308 e. The number of esters is 1. The fourth-order valence-electron chi connectivity index (χ4n) is 2.94. The Labute approximate surface area is 174 Å². The predicted molar refractivity (Wildman–Crippen MR) is 116 cm³/mol. The molecule has 0 aliphatic carbocycles. The van der Waals surface area contributed by atoms with Gasteiger partial charge in [0.2, 0.25) is 5.91 Å². The molecule has 0 fully saturated rings. The number of aromatic nitrogens is 1. The molecule has 0 spiro atoms. The molecule has 1 aromatic heterocycles. The minimum atomic E-state index is -0.424. The summed E-state index contributed by atoms with van der Waals surface area (Å²) in [7, 11) is 0. The van der Waals surface area contributed by atoms with Gasteiger partial charge in [-0.2, -0.15) is 0 Å². The van der Waals surface area contributed by atoms with Crippen molar-refractivity contribution in [2.75, 3.05) is 12.4 Å². The number of nitrogens with zero attached hydrogens (tertiary/aromatic N) is 1. The molecule has 1 atom stereocenters. The van der Waals surface area contributed by atoms with Crippen LogP contribution >= 0.6 is 11.8 Å². The van der Waals surface area contributed by atoms with Crippen LogP contribution in [0.25, 0.3) is 10.9 Å². The number of carbonyl (C=O) groups excluding carboxylic acids is 2. The monoisotopic (exact) mass is 408 g/mol. The quantitative estimate of drug-likeness (QED) is 0.441. The zero-order chi connectivity index (χ0) is 20.6. The maximum atomic E-state index is 12.6. The highest BCUT2D eigenvalue weighted by Gasteiger charge is 2.19. The zero-order valence-corrected chi connectivity index (χ0v) is 17.4. The van der Waals surface area contributed by atoms with Gasteiger partial charge in [-0.05, 0) is 31.5 Å². The van der Waals surface area contributed by atoms with Crippen LogP contribution in [0.15, 0.2) is 65.7 Å². The number of nitrogens with one attached hydrogen (secondary N) is 1. The molecule has 0 aliphatic rings. The van der Waals surface area contributed by atoms with E-state index in [-0.39, 0.29) is 24.1 Å². The second kappa shape index (κ2) is 10.1. The lowest BCUT2D eigenvalue weighted by Crippen LogP contribution is -2.32. The Bertz CT molecular complexity index is 989. The molecule has 5 nitrogen and oxygen atoms in total. The summed E-state index contributed by atoms with van der Waals surface area (Å²) in [6, 6.07) is 19.1. The molecule has 0 saturated carbocycles. The van der Waals surface area contributed by atoms with E-state index in [1.807, 2.05) is 67.6 Å². The van der Waals surface area contributed by atoms with E-state index in [0.717, 1.165) is 27.1 Å². The predicted octanol–water partition coefficient (Wildman–Crippen LogP) is 4.45. The first kappa shape index (κ1) is 20.9. The summed E-state index contributed by atoms with van der Waals surface area (Å²) in [5.41, 5.74) is 2.90. The van der Waals surface area contributed by atoms with Gasteiger partial charge in [0.15, 0.2) is 0 Å². The Kier molecular flexibility index (Phi) is 7.25. The number of thioether (sulfide) groups is 1. The van der Waals surface area contributed by atoms with Gasteiger partial charge in [-0.1, -0.05) is 65.9 Å². The fraction of sp³-hybridized carbons (Fsp3) is 0.261. The maximum Gasteiger partial charge on any atom is 0.308 e. The van der Waals surface area contributed by atoms with Gasteiger partial charge in [-0.15, -0.1) is 0 Å². The summed E-state index contributed by atoms with van der Waals surface area (Å²) in [5, 5.41) is 4.81. The summed E-state index contributed by atoms with van der Waals surface area (Å²) in [4.78, 5) is 29.1. The molecule has 0 radical (unpaired) electrons. The lowest BCUT2D eigenvalue weighted by molar-refractivity contribution is -0.143. The van der Waals surface area contributed by atoms with Crippen molar-refractivity contribution in [3.05, 3.63) is 71.8 Å². The highest BCUT2D eigenvalue weighted by Crippen LogP contribution is 2.22. The van der Waals surface area contributed by atoms with Gasteiger partial charge in [0, 0.05) is 5.39 Å². The van der Waals surface area contributed by atoms with E-state index in [1.54, 1.807) is 6.92 Å². The molecule has 1 heterocycles. The Hall–Kier alpha value is -2.86. The number of pyridine rings is 1. The molecule has 6 heteroatoms. The van der Waals surface area contributed by atoms with E-state index in [4.69, 9.17) is 4.74 Å². The molecular weight excluding hydrogens is 384 g/mol. The highest BCUT2D eigenvalue weighted by molar-refractivity contribution is 7.99. The van der Waals surface area contributed by atoms with E-state index < -0.39 is 6.04 Å². The van der Waals surface area contributed by atoms with Gasteiger partial charge in [0.05, 0.1) is 35.4 Å². The first-order valence-corrected chi connectivity index (χ1v) is 10.5. The number of carbonyl (C=O) groups is 2. The van der Waals surface area contributed by atoms with E-state index in [2.05, 4.69) is 10.3 Å². The third-order valence-electron chi connectivity index (χ3n) is 4.42. The number of hydrogen-bond donors (Lipinski definition) is 1. The van der Waals surface area contributed by atoms with Crippen molar-refractivity contribution >= 4 is 34.5 Å². The van der Waals surface area contributed by atoms with Crippen LogP contribution in [0, 0.1) is 6.92 Å². The topological polar surface area (TPSA) is 68.3 Å². The Morgan fingerprint density at radius 1 is 1.07 bits per heavy atom. The zero-order valence-electron chi connectivity index (χ0n) is 16.6. The molecule has 3 aromatic rings. The van der Waals surface area contributed by atoms with Crippen LogP contribution in [-0.4, -0.2) is 29.2 Å². The number of benzene rings is 2. The van der Waals surface area contributed by atoms with Gasteiger partial charge >= 0.3 is 5.97 Å². The standard InChI is InChI=1S/C23H24N2O3S/c1-3-28-23(27)14-20(18-10-8-16(2)9-11-18)24-21(26)15-29-22-13-12-17-6-4-5-7-19(17)25-22/h4-13,20H,3,14-15H2,1-2H3,(H,24,26)/t20-/m1/s1. The first-order chi connectivity index (χ1) is 14.0. The van der Waals surface area contributed by atoms with Crippen molar-refractivity contribution in [3.63, 3.8) is 0 Å². The van der Waals surface area contributed by atoms with Gasteiger partial charge in [-0.25, -0.2) is 4.98 Å². The Balaban J connectivity index is 1.64. The lowest BCUT2D eigenvalue weighted by atomic mass is 10.0. The van der Waals surface area contributed by atoms with Gasteiger partial charge in [0.1, 0.15) is 0 Å². The fourth-order valence-corrected chi connectivity index (χ4v) is 3.63. The summed E-state index contributed by atoms with van der Waals surface area (Å²) in [6.07, 6.45) is 0.0987. The summed E-state index contributed by atoms with van der Waals surface area (Å²) < 4.78 is 5.06. The van der Waals surface area contributed by atoms with Crippen molar-refractivity contribution in [2.45, 2.75) is 31.3 Å². The lowest BCUT2D eigenvalue weighted by Gasteiger charge is -2.18. The normalized spacial score (nSPS) is 11.8. The van der Waals surface area contributed by atoms with Crippen molar-refractivity contribution in [2.24, 2.45) is 0 Å². The van der Waals surface area contributed by atoms with Crippen molar-refractivity contribution in [1.82, 2.24) is 10.3 Å². The van der Waals surface area contributed by atoms with Crippen LogP contribution in [0.4, 0.5) is 0 Å². The number of hydrogen-bond acceptors (Lipinski definition) is 5. The molecule has 0 bridgehead atoms. The number of rotatable bonds is 8. The molecule has 3 rings (SSSR count). The molecule has 0 saturated heterocycles. The number of para-hydroxylation sites is 1. The van der Waals surface area contributed by atoms with E-state index in [0.29, 0.717) is 6.61 Å². The second-order valence-electron chi connectivity index (χ2n) is 6.67. The molecule has 0 aliphatic heterocycles. The van der Waals surface area contributed by atoms with E-state index >= 15 is 0 Å². The summed E-state index contributed by atoms with van der Waals surface area (Å²) in [6.45, 7) is 4.08. The van der Waals surface area contributed by atoms with Gasteiger partial charge < -0.3 is 10.1 Å². The second-order valence-corrected chi connectivity index (χ2v) is 7.67. The summed E-state index contributed by atoms with van der Waals surface area (Å²) >= 11 is 1.37. The first-order valence-electron chi connectivity index (χ1n) is 9.55. The molecule has 1 N–H and O–H groups in total. The molecular formula is C23H24N2O3S. The SMILES string of the molecule is CCOC(=O)C[C@@H](NC(=O)CSc1ccc2ccccc2n1)c1ccc(C)cc1. The maximum absolute atomic E-state index is 12.6. The van der Waals surface area contributed by atoms with Crippen LogP contribution in [0.1, 0.15) is 30.5 Å². The van der Waals surface area contributed by atoms with Crippen LogP contribution in [0.3, 0.4) is 0 Å². The van der Waals surface area contributed by atoms with Gasteiger partial charge in [0.25, 0.3) is 0 Å². The third kappa shape index (κ3) is 6.06. The van der Waals surface area contributed by atoms with Crippen LogP contribution in [0.2, 0.25) is 0 Å². The third-order valence-corrected chi connectivity index (χ3v) is 5.34.